The highest BCUT2D eigenvalue weighted by atomic mass is 16.5. The predicted octanol–water partition coefficient (Wildman–Crippen LogP) is 0.313. The third kappa shape index (κ3) is 1.13. The first-order valence-electron chi connectivity index (χ1n) is 7.81. The van der Waals surface area contributed by atoms with Crippen molar-refractivity contribution in [3.63, 3.8) is 0 Å². The molecule has 2 aliphatic heterocycles. The summed E-state index contributed by atoms with van der Waals surface area (Å²) in [5.74, 6) is 0.543. The summed E-state index contributed by atoms with van der Waals surface area (Å²) in [6.07, 6.45) is 3.51. The van der Waals surface area contributed by atoms with E-state index in [0.717, 1.165) is 17.7 Å². The molecule has 22 heavy (non-hydrogen) atoms. The van der Waals surface area contributed by atoms with Gasteiger partial charge in [0.25, 0.3) is 0 Å². The minimum Gasteiger partial charge on any atom is -0.504 e. The zero-order valence-corrected chi connectivity index (χ0v) is 12.4. The largest absolute Gasteiger partial charge is 0.504 e. The van der Waals surface area contributed by atoms with Crippen LogP contribution >= 0.6 is 0 Å². The van der Waals surface area contributed by atoms with Crippen LogP contribution in [0.5, 0.6) is 11.5 Å². The number of aliphatic hydroxyl groups is 2. The Morgan fingerprint density at radius 3 is 3.00 bits per heavy atom. The van der Waals surface area contributed by atoms with Crippen molar-refractivity contribution in [1.29, 1.82) is 0 Å². The molecule has 4 aliphatic rings. The second-order valence-electron chi connectivity index (χ2n) is 7.08. The topological polar surface area (TPSA) is 73.2 Å². The highest BCUT2D eigenvalue weighted by Gasteiger charge is 2.71. The molecule has 0 unspecified atom stereocenters. The molecule has 5 atom stereocenters. The summed E-state index contributed by atoms with van der Waals surface area (Å²) in [5, 5.41) is 32.2. The van der Waals surface area contributed by atoms with Gasteiger partial charge in [-0.05, 0) is 38.1 Å². The number of phenols is 1. The highest BCUT2D eigenvalue weighted by Crippen LogP contribution is 2.63. The Bertz CT molecular complexity index is 717. The maximum Gasteiger partial charge on any atom is 0.165 e. The molecule has 1 saturated heterocycles. The Morgan fingerprint density at radius 1 is 1.36 bits per heavy atom. The lowest BCUT2D eigenvalue weighted by Gasteiger charge is -2.61. The molecule has 1 fully saturated rings. The Kier molecular flexibility index (Phi) is 2.16. The van der Waals surface area contributed by atoms with E-state index >= 15 is 0 Å². The van der Waals surface area contributed by atoms with Crippen LogP contribution in [-0.2, 0) is 11.8 Å². The minimum absolute atomic E-state index is 0.0425. The number of piperidine rings is 1. The maximum atomic E-state index is 11.6. The van der Waals surface area contributed by atoms with Crippen molar-refractivity contribution in [1.82, 2.24) is 4.90 Å². The number of hydrogen-bond donors (Lipinski definition) is 3. The Balaban J connectivity index is 1.89. The lowest BCUT2D eigenvalue weighted by atomic mass is 9.50. The van der Waals surface area contributed by atoms with Crippen LogP contribution in [0, 0.1) is 0 Å². The van der Waals surface area contributed by atoms with Crippen LogP contribution in [0.3, 0.4) is 0 Å². The standard InChI is InChI=1S/C17H19NO4/c1-18-7-6-16-13-9-2-3-10(19)14(13)22-15(16)11(20)4-5-17(16,21)12(18)8-9/h2-5,11-12,15,19-21H,6-8H2,1H3/t11-,12+,15-,16-,17+/m0/s1. The quantitative estimate of drug-likeness (QED) is 0.602. The average molecular weight is 301 g/mol. The fourth-order valence-electron chi connectivity index (χ4n) is 5.29. The van der Waals surface area contributed by atoms with Crippen LogP contribution in [0.25, 0.3) is 0 Å². The lowest BCUT2D eigenvalue weighted by molar-refractivity contribution is -0.151. The number of nitrogens with zero attached hydrogens (tertiary/aromatic N) is 1. The number of phenolic OH excluding ortho intramolecular Hbond substituents is 1. The van der Waals surface area contributed by atoms with Gasteiger partial charge in [0.15, 0.2) is 11.5 Å². The molecular formula is C17H19NO4. The SMILES string of the molecule is CN1CC[C@]23c4c5ccc(O)c4O[C@H]2[C@@H](O)C=C[C@@]3(O)[C@H]1C5. The molecule has 1 aromatic carbocycles. The number of hydrogen-bond acceptors (Lipinski definition) is 5. The van der Waals surface area contributed by atoms with Crippen molar-refractivity contribution >= 4 is 0 Å². The van der Waals surface area contributed by atoms with Crippen LogP contribution in [0.2, 0.25) is 0 Å². The Hall–Kier alpha value is -1.56. The summed E-state index contributed by atoms with van der Waals surface area (Å²) in [4.78, 5) is 2.19. The maximum absolute atomic E-state index is 11.6. The Morgan fingerprint density at radius 2 is 2.18 bits per heavy atom. The molecule has 5 rings (SSSR count). The van der Waals surface area contributed by atoms with E-state index in [1.165, 1.54) is 0 Å². The van der Waals surface area contributed by atoms with Crippen molar-refractivity contribution < 1.29 is 20.1 Å². The van der Waals surface area contributed by atoms with Gasteiger partial charge < -0.3 is 20.1 Å². The van der Waals surface area contributed by atoms with E-state index in [2.05, 4.69) is 4.90 Å². The number of likely N-dealkylation sites (tertiary alicyclic amines) is 1. The van der Waals surface area contributed by atoms with Gasteiger partial charge in [-0.15, -0.1) is 0 Å². The van der Waals surface area contributed by atoms with Gasteiger partial charge in [-0.2, -0.15) is 0 Å². The van der Waals surface area contributed by atoms with E-state index in [4.69, 9.17) is 4.74 Å². The number of aliphatic hydroxyl groups excluding tert-OH is 1. The predicted molar refractivity (Wildman–Crippen MR) is 79.0 cm³/mol. The summed E-state index contributed by atoms with van der Waals surface area (Å²) < 4.78 is 5.99. The first kappa shape index (κ1) is 12.9. The number of benzene rings is 1. The van der Waals surface area contributed by atoms with E-state index in [1.54, 1.807) is 18.2 Å². The molecule has 2 aliphatic carbocycles. The molecule has 5 nitrogen and oxygen atoms in total. The van der Waals surface area contributed by atoms with Crippen molar-refractivity contribution in [2.75, 3.05) is 13.6 Å². The van der Waals surface area contributed by atoms with Gasteiger partial charge in [0, 0.05) is 11.6 Å². The molecule has 1 aromatic rings. The molecule has 0 saturated carbocycles. The van der Waals surface area contributed by atoms with Gasteiger partial charge in [0.05, 0.1) is 5.41 Å². The zero-order valence-electron chi connectivity index (χ0n) is 12.4. The van der Waals surface area contributed by atoms with E-state index in [9.17, 15) is 15.3 Å². The van der Waals surface area contributed by atoms with E-state index in [-0.39, 0.29) is 11.8 Å². The molecule has 2 bridgehead atoms. The van der Waals surface area contributed by atoms with Gasteiger partial charge in [-0.3, -0.25) is 4.90 Å². The monoisotopic (exact) mass is 301 g/mol. The summed E-state index contributed by atoms with van der Waals surface area (Å²) in [6, 6.07) is 3.54. The van der Waals surface area contributed by atoms with Gasteiger partial charge in [0.2, 0.25) is 0 Å². The lowest BCUT2D eigenvalue weighted by Crippen LogP contribution is -2.75. The third-order valence-electron chi connectivity index (χ3n) is 6.28. The van der Waals surface area contributed by atoms with E-state index in [1.807, 2.05) is 13.1 Å². The van der Waals surface area contributed by atoms with Crippen LogP contribution in [0.1, 0.15) is 17.5 Å². The van der Waals surface area contributed by atoms with Gasteiger partial charge in [0.1, 0.15) is 17.8 Å². The first-order valence-corrected chi connectivity index (χ1v) is 7.81. The van der Waals surface area contributed by atoms with Crippen LogP contribution in [0.15, 0.2) is 24.3 Å². The molecule has 0 amide bonds. The molecule has 0 aromatic heterocycles. The molecule has 0 radical (unpaired) electrons. The van der Waals surface area contributed by atoms with Gasteiger partial charge in [-0.25, -0.2) is 0 Å². The molecule has 2 heterocycles. The fraction of sp³-hybridized carbons (Fsp3) is 0.529. The van der Waals surface area contributed by atoms with E-state index < -0.39 is 23.2 Å². The molecule has 3 N–H and O–H groups in total. The van der Waals surface area contributed by atoms with Crippen molar-refractivity contribution in [2.45, 2.75) is 42.1 Å². The smallest absolute Gasteiger partial charge is 0.165 e. The summed E-state index contributed by atoms with van der Waals surface area (Å²) in [6.45, 7) is 0.835. The molecule has 1 spiro atoms. The number of rotatable bonds is 0. The third-order valence-corrected chi connectivity index (χ3v) is 6.28. The van der Waals surface area contributed by atoms with Crippen molar-refractivity contribution in [3.05, 3.63) is 35.4 Å². The normalized spacial score (nSPS) is 44.6. The Labute approximate surface area is 128 Å². The average Bonchev–Trinajstić information content (AvgIpc) is 2.85. The highest BCUT2D eigenvalue weighted by molar-refractivity contribution is 5.63. The number of aromatic hydroxyl groups is 1. The second-order valence-corrected chi connectivity index (χ2v) is 7.08. The van der Waals surface area contributed by atoms with Gasteiger partial charge in [-0.1, -0.05) is 18.2 Å². The zero-order chi connectivity index (χ0) is 15.3. The van der Waals surface area contributed by atoms with Crippen LogP contribution < -0.4 is 4.74 Å². The molecule has 116 valence electrons. The summed E-state index contributed by atoms with van der Waals surface area (Å²) >= 11 is 0. The minimum atomic E-state index is -1.07. The first-order chi connectivity index (χ1) is 10.5. The second kappa shape index (κ2) is 3.67. The van der Waals surface area contributed by atoms with Crippen molar-refractivity contribution in [3.8, 4) is 11.5 Å². The molecular weight excluding hydrogens is 282 g/mol. The summed E-state index contributed by atoms with van der Waals surface area (Å²) in [7, 11) is 2.03. The van der Waals surface area contributed by atoms with Crippen LogP contribution in [0.4, 0.5) is 0 Å². The van der Waals surface area contributed by atoms with Crippen LogP contribution in [-0.4, -0.2) is 57.7 Å². The van der Waals surface area contributed by atoms with Crippen molar-refractivity contribution in [2.24, 2.45) is 0 Å². The number of ether oxygens (including phenoxy) is 1. The fourth-order valence-corrected chi connectivity index (χ4v) is 5.29. The van der Waals surface area contributed by atoms with E-state index in [0.29, 0.717) is 18.6 Å². The van der Waals surface area contributed by atoms with Gasteiger partial charge >= 0.3 is 0 Å². The number of likely N-dealkylation sites (N-methyl/N-ethyl adjacent to an activating group) is 1. The molecule has 5 heteroatoms. The summed E-state index contributed by atoms with van der Waals surface area (Å²) in [5.41, 5.74) is 0.280.